The smallest absolute Gasteiger partial charge is 0.294 e. The first kappa shape index (κ1) is 23.6. The first-order valence-electron chi connectivity index (χ1n) is 11.6. The highest BCUT2D eigenvalue weighted by Gasteiger charge is 2.36. The average Bonchev–Trinajstić information content (AvgIpc) is 3.31. The summed E-state index contributed by atoms with van der Waals surface area (Å²) >= 11 is 0.861. The number of hydrogen-bond acceptors (Lipinski definition) is 4. The van der Waals surface area contributed by atoms with Crippen molar-refractivity contribution in [3.05, 3.63) is 106 Å². The van der Waals surface area contributed by atoms with Crippen molar-refractivity contribution in [1.82, 2.24) is 9.47 Å². The van der Waals surface area contributed by atoms with E-state index in [1.165, 1.54) is 5.56 Å². The molecule has 180 valence electrons. The number of anilines is 1. The number of carbonyl (C=O) groups excluding carboxylic acids is 3. The number of rotatable bonds is 6. The maximum Gasteiger partial charge on any atom is 0.294 e. The molecule has 5 rings (SSSR count). The Hall–Kier alpha value is -4.10. The van der Waals surface area contributed by atoms with Crippen LogP contribution in [-0.4, -0.2) is 33.1 Å². The summed E-state index contributed by atoms with van der Waals surface area (Å²) < 4.78 is 2.14. The van der Waals surface area contributed by atoms with Crippen molar-refractivity contribution in [2.24, 2.45) is 0 Å². The molecule has 7 heteroatoms. The maximum atomic E-state index is 13.1. The molecule has 1 N–H and O–H groups in total. The lowest BCUT2D eigenvalue weighted by Gasteiger charge is -2.13. The number of amides is 3. The zero-order chi connectivity index (χ0) is 25.2. The third-order valence-electron chi connectivity index (χ3n) is 5.98. The molecule has 2 heterocycles. The van der Waals surface area contributed by atoms with Gasteiger partial charge in [-0.3, -0.25) is 19.3 Å². The Morgan fingerprint density at radius 2 is 1.64 bits per heavy atom. The Labute approximate surface area is 213 Å². The van der Waals surface area contributed by atoms with E-state index in [4.69, 9.17) is 0 Å². The topological polar surface area (TPSA) is 71.4 Å². The van der Waals surface area contributed by atoms with Crippen molar-refractivity contribution in [1.29, 1.82) is 0 Å². The maximum absolute atomic E-state index is 13.1. The van der Waals surface area contributed by atoms with Crippen LogP contribution >= 0.6 is 11.8 Å². The minimum atomic E-state index is -0.458. The van der Waals surface area contributed by atoms with E-state index < -0.39 is 17.1 Å². The molecule has 0 radical (unpaired) electrons. The summed E-state index contributed by atoms with van der Waals surface area (Å²) in [6.45, 7) is 4.25. The zero-order valence-electron chi connectivity index (χ0n) is 20.0. The lowest BCUT2D eigenvalue weighted by molar-refractivity contribution is -0.127. The Balaban J connectivity index is 1.37. The predicted molar refractivity (Wildman–Crippen MR) is 145 cm³/mol. The molecule has 4 aromatic rings. The first-order chi connectivity index (χ1) is 17.4. The molecule has 1 aliphatic rings. The molecule has 1 fully saturated rings. The lowest BCUT2D eigenvalue weighted by atomic mass is 10.1. The van der Waals surface area contributed by atoms with E-state index in [0.29, 0.717) is 17.1 Å². The van der Waals surface area contributed by atoms with Crippen LogP contribution in [0.3, 0.4) is 0 Å². The monoisotopic (exact) mass is 495 g/mol. The molecule has 1 saturated heterocycles. The number of carbonyl (C=O) groups is 3. The van der Waals surface area contributed by atoms with E-state index in [9.17, 15) is 14.4 Å². The van der Waals surface area contributed by atoms with Gasteiger partial charge < -0.3 is 9.88 Å². The summed E-state index contributed by atoms with van der Waals surface area (Å²) in [5, 5.41) is 3.33. The van der Waals surface area contributed by atoms with Crippen LogP contribution in [0.2, 0.25) is 0 Å². The second-order valence-electron chi connectivity index (χ2n) is 8.91. The number of aromatic nitrogens is 1. The summed E-state index contributed by atoms with van der Waals surface area (Å²) in [5.41, 5.74) is 5.74. The lowest BCUT2D eigenvalue weighted by Crippen LogP contribution is -2.36. The Morgan fingerprint density at radius 1 is 0.944 bits per heavy atom. The number of fused-ring (bicyclic) bond motifs is 1. The quantitative estimate of drug-likeness (QED) is 0.334. The minimum absolute atomic E-state index is 0.307. The molecule has 0 unspecified atom stereocenters. The SMILES string of the molecule is Cc1cc(C)cc(NC(=O)CN2C(=O)S/C(=C\c3cn(Cc4ccccc4)c4ccccc34)C2=O)c1. The Bertz CT molecular complexity index is 1500. The highest BCUT2D eigenvalue weighted by atomic mass is 32.2. The zero-order valence-corrected chi connectivity index (χ0v) is 20.8. The number of benzene rings is 3. The van der Waals surface area contributed by atoms with Crippen LogP contribution in [0.4, 0.5) is 10.5 Å². The fourth-order valence-electron chi connectivity index (χ4n) is 4.47. The van der Waals surface area contributed by atoms with Gasteiger partial charge in [-0.2, -0.15) is 0 Å². The molecule has 0 bridgehead atoms. The van der Waals surface area contributed by atoms with E-state index in [2.05, 4.69) is 22.0 Å². The molecule has 0 saturated carbocycles. The molecule has 3 amide bonds. The van der Waals surface area contributed by atoms with Crippen LogP contribution in [0, 0.1) is 13.8 Å². The second kappa shape index (κ2) is 9.87. The number of thioether (sulfide) groups is 1. The molecule has 0 aliphatic carbocycles. The van der Waals surface area contributed by atoms with Crippen molar-refractivity contribution in [3.8, 4) is 0 Å². The van der Waals surface area contributed by atoms with Crippen molar-refractivity contribution in [2.75, 3.05) is 11.9 Å². The van der Waals surface area contributed by atoms with Gasteiger partial charge in [-0.15, -0.1) is 0 Å². The number of hydrogen-bond donors (Lipinski definition) is 1. The third kappa shape index (κ3) is 4.97. The fraction of sp³-hybridized carbons (Fsp3) is 0.138. The Kier molecular flexibility index (Phi) is 6.48. The predicted octanol–water partition coefficient (Wildman–Crippen LogP) is 5.98. The van der Waals surface area contributed by atoms with Crippen LogP contribution in [-0.2, 0) is 16.1 Å². The molecular weight excluding hydrogens is 470 g/mol. The highest BCUT2D eigenvalue weighted by Crippen LogP contribution is 2.34. The van der Waals surface area contributed by atoms with Gasteiger partial charge in [0.05, 0.1) is 4.91 Å². The van der Waals surface area contributed by atoms with Gasteiger partial charge in [0.1, 0.15) is 6.54 Å². The number of nitrogens with zero attached hydrogens (tertiary/aromatic N) is 2. The molecule has 6 nitrogen and oxygen atoms in total. The standard InChI is InChI=1S/C29H25N3O3S/c1-19-12-20(2)14-23(13-19)30-27(33)18-32-28(34)26(36-29(32)35)15-22-17-31(16-21-8-4-3-5-9-21)25-11-7-6-10-24(22)25/h3-15,17H,16,18H2,1-2H3,(H,30,33)/b26-15-. The summed E-state index contributed by atoms with van der Waals surface area (Å²) in [6, 6.07) is 23.8. The van der Waals surface area contributed by atoms with Crippen LogP contribution < -0.4 is 5.32 Å². The van der Waals surface area contributed by atoms with Gasteiger partial charge in [0.15, 0.2) is 0 Å². The average molecular weight is 496 g/mol. The van der Waals surface area contributed by atoms with Crippen molar-refractivity contribution in [2.45, 2.75) is 20.4 Å². The van der Waals surface area contributed by atoms with E-state index in [1.54, 1.807) is 6.08 Å². The second-order valence-corrected chi connectivity index (χ2v) is 9.90. The van der Waals surface area contributed by atoms with E-state index in [-0.39, 0.29) is 6.54 Å². The molecule has 1 aromatic heterocycles. The van der Waals surface area contributed by atoms with Gasteiger partial charge in [0.25, 0.3) is 11.1 Å². The minimum Gasteiger partial charge on any atom is -0.342 e. The number of imide groups is 1. The number of para-hydroxylation sites is 1. The third-order valence-corrected chi connectivity index (χ3v) is 6.89. The molecule has 1 aliphatic heterocycles. The first-order valence-corrected chi connectivity index (χ1v) is 12.4. The van der Waals surface area contributed by atoms with E-state index in [1.807, 2.05) is 80.7 Å². The van der Waals surface area contributed by atoms with Crippen molar-refractivity contribution >= 4 is 51.5 Å². The largest absolute Gasteiger partial charge is 0.342 e. The highest BCUT2D eigenvalue weighted by molar-refractivity contribution is 8.18. The summed E-state index contributed by atoms with van der Waals surface area (Å²) in [5.74, 6) is -0.872. The van der Waals surface area contributed by atoms with Crippen molar-refractivity contribution in [3.63, 3.8) is 0 Å². The van der Waals surface area contributed by atoms with Gasteiger partial charge in [-0.05, 0) is 66.6 Å². The van der Waals surface area contributed by atoms with Crippen LogP contribution in [0.1, 0.15) is 22.3 Å². The van der Waals surface area contributed by atoms with Gasteiger partial charge in [0, 0.05) is 34.9 Å². The van der Waals surface area contributed by atoms with Gasteiger partial charge >= 0.3 is 0 Å². The molecule has 3 aromatic carbocycles. The van der Waals surface area contributed by atoms with Crippen LogP contribution in [0.15, 0.2) is 83.9 Å². The summed E-state index contributed by atoms with van der Waals surface area (Å²) in [6.07, 6.45) is 3.75. The fourth-order valence-corrected chi connectivity index (χ4v) is 5.30. The molecular formula is C29H25N3O3S. The van der Waals surface area contributed by atoms with Crippen LogP contribution in [0.25, 0.3) is 17.0 Å². The number of aryl methyl sites for hydroxylation is 2. The summed E-state index contributed by atoms with van der Waals surface area (Å²) in [4.78, 5) is 39.6. The van der Waals surface area contributed by atoms with E-state index >= 15 is 0 Å². The molecule has 0 spiro atoms. The number of nitrogens with one attached hydrogen (secondary N) is 1. The van der Waals surface area contributed by atoms with Crippen LogP contribution in [0.5, 0.6) is 0 Å². The summed E-state index contributed by atoms with van der Waals surface area (Å²) in [7, 11) is 0. The van der Waals surface area contributed by atoms with E-state index in [0.717, 1.165) is 44.3 Å². The molecule has 0 atom stereocenters. The van der Waals surface area contributed by atoms with Gasteiger partial charge in [-0.25, -0.2) is 0 Å². The van der Waals surface area contributed by atoms with Gasteiger partial charge in [0.2, 0.25) is 5.91 Å². The van der Waals surface area contributed by atoms with Gasteiger partial charge in [-0.1, -0.05) is 54.6 Å². The molecule has 36 heavy (non-hydrogen) atoms. The van der Waals surface area contributed by atoms with Crippen molar-refractivity contribution < 1.29 is 14.4 Å². The Morgan fingerprint density at radius 3 is 2.39 bits per heavy atom. The normalized spacial score (nSPS) is 14.7.